The minimum Gasteiger partial charge on any atom is -0.373 e. The summed E-state index contributed by atoms with van der Waals surface area (Å²) in [6, 6.07) is 12.9. The van der Waals surface area contributed by atoms with Crippen molar-refractivity contribution in [2.24, 2.45) is 0 Å². The number of para-hydroxylation sites is 2. The van der Waals surface area contributed by atoms with Gasteiger partial charge < -0.3 is 5.32 Å². The molecule has 1 aliphatic rings. The lowest BCUT2D eigenvalue weighted by atomic mass is 10.1. The average Bonchev–Trinajstić information content (AvgIpc) is 2.78. The number of imide groups is 1. The number of hydrogen-bond donors (Lipinski definition) is 1. The van der Waals surface area contributed by atoms with E-state index in [0.717, 1.165) is 22.4 Å². The Morgan fingerprint density at radius 3 is 2.17 bits per heavy atom. The van der Waals surface area contributed by atoms with Crippen molar-refractivity contribution >= 4 is 23.2 Å². The molecule has 1 atom stereocenters. The van der Waals surface area contributed by atoms with Crippen LogP contribution in [-0.4, -0.2) is 17.9 Å². The number of benzene rings is 2. The van der Waals surface area contributed by atoms with Crippen molar-refractivity contribution in [2.75, 3.05) is 10.2 Å². The number of nitrogens with zero attached hydrogens (tertiary/aromatic N) is 1. The van der Waals surface area contributed by atoms with E-state index in [-0.39, 0.29) is 18.2 Å². The first-order chi connectivity index (χ1) is 11.0. The molecule has 0 saturated carbocycles. The zero-order chi connectivity index (χ0) is 16.6. The Hall–Kier alpha value is -2.62. The fourth-order valence-corrected chi connectivity index (χ4v) is 3.03. The summed E-state index contributed by atoms with van der Waals surface area (Å²) in [7, 11) is 0. The molecule has 0 unspecified atom stereocenters. The molecule has 0 spiro atoms. The number of amides is 2. The lowest BCUT2D eigenvalue weighted by molar-refractivity contribution is -0.121. The van der Waals surface area contributed by atoms with E-state index in [2.05, 4.69) is 5.32 Å². The van der Waals surface area contributed by atoms with Crippen molar-refractivity contribution in [1.82, 2.24) is 0 Å². The van der Waals surface area contributed by atoms with Crippen molar-refractivity contribution in [3.8, 4) is 0 Å². The summed E-state index contributed by atoms with van der Waals surface area (Å²) in [6.45, 7) is 5.90. The van der Waals surface area contributed by atoms with E-state index < -0.39 is 6.04 Å². The molecule has 1 fully saturated rings. The normalized spacial score (nSPS) is 17.7. The molecule has 0 aliphatic carbocycles. The van der Waals surface area contributed by atoms with Crippen LogP contribution in [0.2, 0.25) is 0 Å². The molecular weight excluding hydrogens is 288 g/mol. The van der Waals surface area contributed by atoms with Crippen LogP contribution in [0, 0.1) is 20.8 Å². The largest absolute Gasteiger partial charge is 0.373 e. The van der Waals surface area contributed by atoms with Crippen molar-refractivity contribution in [2.45, 2.75) is 33.2 Å². The van der Waals surface area contributed by atoms with Crippen LogP contribution in [0.15, 0.2) is 42.5 Å². The van der Waals surface area contributed by atoms with Gasteiger partial charge in [0.2, 0.25) is 5.91 Å². The molecule has 2 amide bonds. The van der Waals surface area contributed by atoms with Gasteiger partial charge in [0, 0.05) is 5.69 Å². The number of carbonyl (C=O) groups is 2. The third-order valence-corrected chi connectivity index (χ3v) is 4.30. The highest BCUT2D eigenvalue weighted by atomic mass is 16.2. The lowest BCUT2D eigenvalue weighted by Crippen LogP contribution is -2.35. The van der Waals surface area contributed by atoms with E-state index in [1.807, 2.05) is 63.2 Å². The topological polar surface area (TPSA) is 49.4 Å². The number of nitrogens with one attached hydrogen (secondary N) is 1. The van der Waals surface area contributed by atoms with E-state index in [4.69, 9.17) is 0 Å². The van der Waals surface area contributed by atoms with Gasteiger partial charge in [-0.25, -0.2) is 4.90 Å². The molecule has 23 heavy (non-hydrogen) atoms. The maximum Gasteiger partial charge on any atom is 0.256 e. The standard InChI is InChI=1S/C19H20N2O2/c1-12-7-4-5-10-16(12)21-17(22)11-15(19(21)23)20-18-13(2)8-6-9-14(18)3/h4-10,15,20H,11H2,1-3H3/t15-/m0/s1. The molecule has 1 heterocycles. The Kier molecular flexibility index (Phi) is 3.90. The molecule has 3 rings (SSSR count). The third-order valence-electron chi connectivity index (χ3n) is 4.30. The Morgan fingerprint density at radius 2 is 1.52 bits per heavy atom. The maximum atomic E-state index is 12.7. The first-order valence-electron chi connectivity index (χ1n) is 7.74. The predicted octanol–water partition coefficient (Wildman–Crippen LogP) is 3.36. The predicted molar refractivity (Wildman–Crippen MR) is 91.6 cm³/mol. The molecule has 0 radical (unpaired) electrons. The summed E-state index contributed by atoms with van der Waals surface area (Å²) in [5.74, 6) is -0.347. The number of rotatable bonds is 3. The molecule has 1 aliphatic heterocycles. The van der Waals surface area contributed by atoms with Gasteiger partial charge in [0.25, 0.3) is 5.91 Å². The van der Waals surface area contributed by atoms with Gasteiger partial charge in [-0.05, 0) is 43.5 Å². The van der Waals surface area contributed by atoms with E-state index in [1.165, 1.54) is 4.90 Å². The van der Waals surface area contributed by atoms with Crippen LogP contribution in [0.1, 0.15) is 23.1 Å². The minimum absolute atomic E-state index is 0.159. The molecule has 1 saturated heterocycles. The van der Waals surface area contributed by atoms with Gasteiger partial charge in [-0.15, -0.1) is 0 Å². The molecule has 2 aromatic carbocycles. The van der Waals surface area contributed by atoms with E-state index in [9.17, 15) is 9.59 Å². The summed E-state index contributed by atoms with van der Waals surface area (Å²) in [5.41, 5.74) is 4.67. The summed E-state index contributed by atoms with van der Waals surface area (Å²) in [4.78, 5) is 26.4. The van der Waals surface area contributed by atoms with Crippen molar-refractivity contribution in [3.05, 3.63) is 59.2 Å². The third kappa shape index (κ3) is 2.72. The molecular formula is C19H20N2O2. The molecule has 4 heteroatoms. The number of anilines is 2. The highest BCUT2D eigenvalue weighted by Crippen LogP contribution is 2.29. The summed E-state index contributed by atoms with van der Waals surface area (Å²) in [6.07, 6.45) is 0.181. The zero-order valence-electron chi connectivity index (χ0n) is 13.6. The van der Waals surface area contributed by atoms with Crippen LogP contribution >= 0.6 is 0 Å². The van der Waals surface area contributed by atoms with Crippen molar-refractivity contribution < 1.29 is 9.59 Å². The quantitative estimate of drug-likeness (QED) is 0.885. The van der Waals surface area contributed by atoms with Crippen molar-refractivity contribution in [3.63, 3.8) is 0 Å². The van der Waals surface area contributed by atoms with Gasteiger partial charge in [-0.1, -0.05) is 36.4 Å². The van der Waals surface area contributed by atoms with Crippen LogP contribution in [-0.2, 0) is 9.59 Å². The Morgan fingerprint density at radius 1 is 0.913 bits per heavy atom. The Balaban J connectivity index is 1.89. The van der Waals surface area contributed by atoms with Crippen LogP contribution in [0.5, 0.6) is 0 Å². The van der Waals surface area contributed by atoms with Gasteiger partial charge in [0.15, 0.2) is 0 Å². The van der Waals surface area contributed by atoms with E-state index >= 15 is 0 Å². The van der Waals surface area contributed by atoms with Crippen LogP contribution in [0.3, 0.4) is 0 Å². The van der Waals surface area contributed by atoms with Crippen LogP contribution < -0.4 is 10.2 Å². The molecule has 2 aromatic rings. The van der Waals surface area contributed by atoms with E-state index in [1.54, 1.807) is 0 Å². The number of aryl methyl sites for hydroxylation is 3. The second-order valence-corrected chi connectivity index (χ2v) is 6.02. The van der Waals surface area contributed by atoms with Gasteiger partial charge in [0.05, 0.1) is 12.1 Å². The highest BCUT2D eigenvalue weighted by molar-refractivity contribution is 6.23. The monoisotopic (exact) mass is 308 g/mol. The Bertz CT molecular complexity index is 762. The van der Waals surface area contributed by atoms with Gasteiger partial charge in [-0.2, -0.15) is 0 Å². The SMILES string of the molecule is Cc1ccccc1N1C(=O)C[C@H](Nc2c(C)cccc2C)C1=O. The van der Waals surface area contributed by atoms with Gasteiger partial charge in [-0.3, -0.25) is 9.59 Å². The highest BCUT2D eigenvalue weighted by Gasteiger charge is 2.40. The van der Waals surface area contributed by atoms with Crippen LogP contribution in [0.4, 0.5) is 11.4 Å². The summed E-state index contributed by atoms with van der Waals surface area (Å²) < 4.78 is 0. The Labute approximate surface area is 136 Å². The second-order valence-electron chi connectivity index (χ2n) is 6.02. The molecule has 4 nitrogen and oxygen atoms in total. The maximum absolute atomic E-state index is 12.7. The molecule has 118 valence electrons. The summed E-state index contributed by atoms with van der Waals surface area (Å²) >= 11 is 0. The minimum atomic E-state index is -0.512. The fraction of sp³-hybridized carbons (Fsp3) is 0.263. The van der Waals surface area contributed by atoms with Gasteiger partial charge >= 0.3 is 0 Å². The molecule has 1 N–H and O–H groups in total. The molecule has 0 aromatic heterocycles. The van der Waals surface area contributed by atoms with Crippen molar-refractivity contribution in [1.29, 1.82) is 0 Å². The fourth-order valence-electron chi connectivity index (χ4n) is 3.03. The first kappa shape index (κ1) is 15.3. The summed E-state index contributed by atoms with van der Waals surface area (Å²) in [5, 5.41) is 3.26. The second kappa shape index (κ2) is 5.88. The van der Waals surface area contributed by atoms with E-state index in [0.29, 0.717) is 5.69 Å². The number of hydrogen-bond acceptors (Lipinski definition) is 3. The average molecular weight is 308 g/mol. The molecule has 0 bridgehead atoms. The van der Waals surface area contributed by atoms with Gasteiger partial charge in [0.1, 0.15) is 6.04 Å². The van der Waals surface area contributed by atoms with Crippen LogP contribution in [0.25, 0.3) is 0 Å². The first-order valence-corrected chi connectivity index (χ1v) is 7.74. The number of carbonyl (C=O) groups excluding carboxylic acids is 2. The smallest absolute Gasteiger partial charge is 0.256 e. The zero-order valence-corrected chi connectivity index (χ0v) is 13.6. The lowest BCUT2D eigenvalue weighted by Gasteiger charge is -2.19.